The minimum atomic E-state index is -0.131. The van der Waals surface area contributed by atoms with Gasteiger partial charge in [-0.25, -0.2) is 0 Å². The van der Waals surface area contributed by atoms with Crippen LogP contribution in [0.1, 0.15) is 17.2 Å². The fourth-order valence-electron chi connectivity index (χ4n) is 3.22. The van der Waals surface area contributed by atoms with Gasteiger partial charge in [0.2, 0.25) is 5.91 Å². The Bertz CT molecular complexity index is 818. The second-order valence-electron chi connectivity index (χ2n) is 7.08. The molecular weight excluding hydrogens is 393 g/mol. The maximum Gasteiger partial charge on any atom is 0.244 e. The summed E-state index contributed by atoms with van der Waals surface area (Å²) in [5.74, 6) is -0.131. The third-order valence-corrected chi connectivity index (χ3v) is 5.66. The lowest BCUT2D eigenvalue weighted by atomic mass is 10.1. The fraction of sp³-hybridized carbons (Fsp3) is 0.318. The van der Waals surface area contributed by atoms with Crippen LogP contribution in [0.5, 0.6) is 0 Å². The zero-order valence-electron chi connectivity index (χ0n) is 15.9. The summed E-state index contributed by atoms with van der Waals surface area (Å²) in [4.78, 5) is 17.3. The van der Waals surface area contributed by atoms with Gasteiger partial charge in [-0.3, -0.25) is 9.69 Å². The SMILES string of the molecule is CN1CCN(CC(NC(=O)/C=C/c2ccc(Cl)c(Cl)c2)c2ccccc2)CC1. The molecule has 0 bridgehead atoms. The predicted octanol–water partition coefficient (Wildman–Crippen LogP) is 4.11. The number of piperazine rings is 1. The average Bonchev–Trinajstić information content (AvgIpc) is 2.71. The average molecular weight is 418 g/mol. The minimum Gasteiger partial charge on any atom is -0.344 e. The summed E-state index contributed by atoms with van der Waals surface area (Å²) in [6.45, 7) is 4.91. The van der Waals surface area contributed by atoms with Gasteiger partial charge in [0.25, 0.3) is 0 Å². The first-order valence-electron chi connectivity index (χ1n) is 9.41. The molecule has 1 amide bonds. The van der Waals surface area contributed by atoms with Gasteiger partial charge in [0.1, 0.15) is 0 Å². The molecule has 1 heterocycles. The van der Waals surface area contributed by atoms with Crippen LogP contribution in [0.15, 0.2) is 54.6 Å². The highest BCUT2D eigenvalue weighted by Gasteiger charge is 2.20. The Hall–Kier alpha value is -1.85. The molecule has 148 valence electrons. The lowest BCUT2D eigenvalue weighted by Crippen LogP contribution is -2.47. The van der Waals surface area contributed by atoms with Crippen molar-refractivity contribution >= 4 is 35.2 Å². The third kappa shape index (κ3) is 6.08. The van der Waals surface area contributed by atoms with Gasteiger partial charge in [-0.1, -0.05) is 59.6 Å². The second-order valence-corrected chi connectivity index (χ2v) is 7.90. The highest BCUT2D eigenvalue weighted by atomic mass is 35.5. The molecule has 0 aromatic heterocycles. The fourth-order valence-corrected chi connectivity index (χ4v) is 3.52. The number of hydrogen-bond donors (Lipinski definition) is 1. The van der Waals surface area contributed by atoms with E-state index in [0.29, 0.717) is 10.0 Å². The van der Waals surface area contributed by atoms with E-state index in [9.17, 15) is 4.79 Å². The van der Waals surface area contributed by atoms with Crippen LogP contribution in [0.2, 0.25) is 10.0 Å². The van der Waals surface area contributed by atoms with Crippen molar-refractivity contribution in [3.8, 4) is 0 Å². The lowest BCUT2D eigenvalue weighted by Gasteiger charge is -2.34. The number of nitrogens with one attached hydrogen (secondary N) is 1. The summed E-state index contributed by atoms with van der Waals surface area (Å²) < 4.78 is 0. The number of amides is 1. The van der Waals surface area contributed by atoms with Crippen LogP contribution in [0.25, 0.3) is 6.08 Å². The van der Waals surface area contributed by atoms with Crippen molar-refractivity contribution in [2.24, 2.45) is 0 Å². The van der Waals surface area contributed by atoms with Crippen LogP contribution in [0.3, 0.4) is 0 Å². The standard InChI is InChI=1S/C22H25Cl2N3O/c1-26-11-13-27(14-12-26)16-21(18-5-3-2-4-6-18)25-22(28)10-8-17-7-9-19(23)20(24)15-17/h2-10,15,21H,11-14,16H2,1H3,(H,25,28)/b10-8+. The van der Waals surface area contributed by atoms with Crippen LogP contribution in [0.4, 0.5) is 0 Å². The largest absolute Gasteiger partial charge is 0.344 e. The highest BCUT2D eigenvalue weighted by Crippen LogP contribution is 2.23. The maximum atomic E-state index is 12.6. The number of rotatable bonds is 6. The van der Waals surface area contributed by atoms with Crippen molar-refractivity contribution in [1.82, 2.24) is 15.1 Å². The van der Waals surface area contributed by atoms with E-state index in [1.165, 1.54) is 0 Å². The number of nitrogens with zero attached hydrogens (tertiary/aromatic N) is 2. The normalized spacial score (nSPS) is 17.0. The van der Waals surface area contributed by atoms with Gasteiger partial charge >= 0.3 is 0 Å². The monoisotopic (exact) mass is 417 g/mol. The summed E-state index contributed by atoms with van der Waals surface area (Å²) in [5, 5.41) is 4.12. The van der Waals surface area contributed by atoms with E-state index in [2.05, 4.69) is 34.3 Å². The Labute approximate surface area is 176 Å². The summed E-state index contributed by atoms with van der Waals surface area (Å²) >= 11 is 12.0. The molecule has 2 aromatic carbocycles. The first-order valence-corrected chi connectivity index (χ1v) is 10.2. The second kappa shape index (κ2) is 10.1. The zero-order valence-corrected chi connectivity index (χ0v) is 17.5. The topological polar surface area (TPSA) is 35.6 Å². The Morgan fingerprint density at radius 1 is 1.07 bits per heavy atom. The van der Waals surface area contributed by atoms with Crippen LogP contribution < -0.4 is 5.32 Å². The number of carbonyl (C=O) groups excluding carboxylic acids is 1. The van der Waals surface area contributed by atoms with Crippen molar-refractivity contribution in [3.05, 3.63) is 75.8 Å². The smallest absolute Gasteiger partial charge is 0.244 e. The molecule has 0 spiro atoms. The van der Waals surface area contributed by atoms with Crippen LogP contribution in [-0.4, -0.2) is 55.5 Å². The first-order chi connectivity index (χ1) is 13.5. The highest BCUT2D eigenvalue weighted by molar-refractivity contribution is 6.42. The van der Waals surface area contributed by atoms with Crippen LogP contribution >= 0.6 is 23.2 Å². The van der Waals surface area contributed by atoms with Crippen molar-refractivity contribution in [1.29, 1.82) is 0 Å². The summed E-state index contributed by atoms with van der Waals surface area (Å²) in [5.41, 5.74) is 1.94. The number of hydrogen-bond acceptors (Lipinski definition) is 3. The minimum absolute atomic E-state index is 0.0597. The van der Waals surface area contributed by atoms with E-state index in [4.69, 9.17) is 23.2 Å². The van der Waals surface area contributed by atoms with E-state index in [0.717, 1.165) is 43.9 Å². The van der Waals surface area contributed by atoms with E-state index in [1.54, 1.807) is 24.3 Å². The number of carbonyl (C=O) groups is 1. The molecule has 2 aromatic rings. The number of likely N-dealkylation sites (N-methyl/N-ethyl adjacent to an activating group) is 1. The van der Waals surface area contributed by atoms with E-state index < -0.39 is 0 Å². The molecule has 1 N–H and O–H groups in total. The Balaban J connectivity index is 1.67. The van der Waals surface area contributed by atoms with Gasteiger partial charge in [-0.2, -0.15) is 0 Å². The van der Waals surface area contributed by atoms with E-state index >= 15 is 0 Å². The van der Waals surface area contributed by atoms with E-state index in [-0.39, 0.29) is 11.9 Å². The van der Waals surface area contributed by atoms with Crippen molar-refractivity contribution in [2.75, 3.05) is 39.8 Å². The number of benzene rings is 2. The summed E-state index contributed by atoms with van der Waals surface area (Å²) in [6.07, 6.45) is 3.29. The molecule has 1 unspecified atom stereocenters. The van der Waals surface area contributed by atoms with Gasteiger partial charge < -0.3 is 10.2 Å². The first kappa shape index (κ1) is 20.9. The molecule has 1 fully saturated rings. The van der Waals surface area contributed by atoms with Gasteiger partial charge in [-0.05, 0) is 36.4 Å². The molecule has 3 rings (SSSR count). The van der Waals surface area contributed by atoms with Gasteiger partial charge in [0, 0.05) is 38.8 Å². The molecular formula is C22H25Cl2N3O. The van der Waals surface area contributed by atoms with Crippen LogP contribution in [-0.2, 0) is 4.79 Å². The summed E-state index contributed by atoms with van der Waals surface area (Å²) in [6, 6.07) is 15.4. The molecule has 1 atom stereocenters. The van der Waals surface area contributed by atoms with Gasteiger partial charge in [-0.15, -0.1) is 0 Å². The summed E-state index contributed by atoms with van der Waals surface area (Å²) in [7, 11) is 2.14. The Morgan fingerprint density at radius 2 is 1.79 bits per heavy atom. The van der Waals surface area contributed by atoms with Crippen LogP contribution in [0, 0.1) is 0 Å². The molecule has 1 aliphatic rings. The molecule has 28 heavy (non-hydrogen) atoms. The predicted molar refractivity (Wildman–Crippen MR) is 117 cm³/mol. The third-order valence-electron chi connectivity index (χ3n) is 4.93. The molecule has 0 saturated carbocycles. The Kier molecular flexibility index (Phi) is 7.51. The van der Waals surface area contributed by atoms with Crippen molar-refractivity contribution in [3.63, 3.8) is 0 Å². The molecule has 1 saturated heterocycles. The lowest BCUT2D eigenvalue weighted by molar-refractivity contribution is -0.117. The van der Waals surface area contributed by atoms with Crippen molar-refractivity contribution < 1.29 is 4.79 Å². The quantitative estimate of drug-likeness (QED) is 0.718. The van der Waals surface area contributed by atoms with Gasteiger partial charge in [0.15, 0.2) is 0 Å². The Morgan fingerprint density at radius 3 is 2.46 bits per heavy atom. The molecule has 0 radical (unpaired) electrons. The molecule has 6 heteroatoms. The molecule has 1 aliphatic heterocycles. The van der Waals surface area contributed by atoms with Crippen molar-refractivity contribution in [2.45, 2.75) is 6.04 Å². The zero-order chi connectivity index (χ0) is 19.9. The number of halogens is 2. The maximum absolute atomic E-state index is 12.6. The molecule has 0 aliphatic carbocycles. The van der Waals surface area contributed by atoms with Gasteiger partial charge in [0.05, 0.1) is 16.1 Å². The van der Waals surface area contributed by atoms with E-state index in [1.807, 2.05) is 24.3 Å². The molecule has 4 nitrogen and oxygen atoms in total.